The lowest BCUT2D eigenvalue weighted by Gasteiger charge is -2.34. The zero-order valence-electron chi connectivity index (χ0n) is 20.0. The molecular formula is C23H29N5O5S. The van der Waals surface area contributed by atoms with Crippen molar-refractivity contribution in [3.8, 4) is 11.6 Å². The Morgan fingerprint density at radius 2 is 1.74 bits per heavy atom. The number of sulfone groups is 1. The van der Waals surface area contributed by atoms with Gasteiger partial charge >= 0.3 is 6.09 Å². The van der Waals surface area contributed by atoms with E-state index in [0.29, 0.717) is 35.9 Å². The maximum atomic E-state index is 12.4. The molecule has 0 saturated carbocycles. The monoisotopic (exact) mass is 487 g/mol. The van der Waals surface area contributed by atoms with Gasteiger partial charge in [0, 0.05) is 25.4 Å². The van der Waals surface area contributed by atoms with E-state index in [1.165, 1.54) is 18.5 Å². The lowest BCUT2D eigenvalue weighted by Crippen LogP contribution is -2.42. The van der Waals surface area contributed by atoms with Crippen LogP contribution in [0.1, 0.15) is 45.5 Å². The predicted octanol–water partition coefficient (Wildman–Crippen LogP) is 3.90. The molecule has 1 fully saturated rings. The number of carbonyl (C=O) groups excluding carboxylic acids is 1. The number of piperidine rings is 1. The van der Waals surface area contributed by atoms with Gasteiger partial charge in [-0.2, -0.15) is 4.98 Å². The second-order valence-corrected chi connectivity index (χ2v) is 11.4. The number of carbonyl (C=O) groups is 1. The summed E-state index contributed by atoms with van der Waals surface area (Å²) in [7, 11) is -3.29. The highest BCUT2D eigenvalue weighted by Gasteiger charge is 2.29. The van der Waals surface area contributed by atoms with E-state index in [4.69, 9.17) is 9.47 Å². The van der Waals surface area contributed by atoms with Crippen molar-refractivity contribution < 1.29 is 22.7 Å². The molecule has 4 rings (SSSR count). The number of amides is 1. The minimum absolute atomic E-state index is 0.125. The van der Waals surface area contributed by atoms with Gasteiger partial charge in [-0.25, -0.2) is 23.2 Å². The second-order valence-electron chi connectivity index (χ2n) is 9.42. The minimum Gasteiger partial charge on any atom is -0.444 e. The number of nitrogens with zero attached hydrogens (tertiary/aromatic N) is 5. The number of hydrogen-bond donors (Lipinski definition) is 0. The third kappa shape index (κ3) is 5.14. The van der Waals surface area contributed by atoms with Gasteiger partial charge in [0.15, 0.2) is 21.0 Å². The van der Waals surface area contributed by atoms with Crippen LogP contribution in [-0.2, 0) is 14.6 Å². The van der Waals surface area contributed by atoms with Crippen molar-refractivity contribution in [2.24, 2.45) is 0 Å². The zero-order valence-corrected chi connectivity index (χ0v) is 20.8. The van der Waals surface area contributed by atoms with Gasteiger partial charge in [0.2, 0.25) is 0 Å². The first-order chi connectivity index (χ1) is 15.9. The largest absolute Gasteiger partial charge is 0.444 e. The van der Waals surface area contributed by atoms with Crippen LogP contribution in [0.25, 0.3) is 11.2 Å². The number of benzene rings is 1. The summed E-state index contributed by atoms with van der Waals surface area (Å²) in [5.74, 6) is 1.53. The number of ether oxygens (including phenoxy) is 2. The summed E-state index contributed by atoms with van der Waals surface area (Å²) >= 11 is 0. The normalized spacial score (nSPS) is 15.5. The van der Waals surface area contributed by atoms with Crippen molar-refractivity contribution in [2.75, 3.05) is 19.3 Å². The summed E-state index contributed by atoms with van der Waals surface area (Å²) < 4.78 is 36.9. The summed E-state index contributed by atoms with van der Waals surface area (Å²) in [5, 5.41) is 0. The topological polar surface area (TPSA) is 117 Å². The quantitative estimate of drug-likeness (QED) is 0.544. The molecule has 0 bridgehead atoms. The van der Waals surface area contributed by atoms with Gasteiger partial charge in [-0.3, -0.25) is 0 Å². The molecule has 0 aliphatic carbocycles. The standard InChI is InChI=1S/C23H29N5O5S/c1-15-26-19-20(28(15)16-10-12-27(13-11-16)22(29)33-23(2,3)4)24-14-25-21(19)32-17-6-8-18(9-7-17)34(5,30)31/h6-9,14,16H,10-13H2,1-5H3. The van der Waals surface area contributed by atoms with Gasteiger partial charge in [0.05, 0.1) is 4.90 Å². The molecule has 3 aromatic rings. The lowest BCUT2D eigenvalue weighted by molar-refractivity contribution is 0.0189. The summed E-state index contributed by atoms with van der Waals surface area (Å²) in [6, 6.07) is 6.28. The number of fused-ring (bicyclic) bond motifs is 1. The zero-order chi connectivity index (χ0) is 24.7. The summed E-state index contributed by atoms with van der Waals surface area (Å²) in [6.45, 7) is 8.65. The van der Waals surface area contributed by atoms with E-state index in [1.807, 2.05) is 27.7 Å². The second kappa shape index (κ2) is 8.86. The molecule has 1 saturated heterocycles. The molecule has 182 valence electrons. The van der Waals surface area contributed by atoms with Crippen molar-refractivity contribution in [3.63, 3.8) is 0 Å². The Bertz CT molecular complexity index is 1300. The summed E-state index contributed by atoms with van der Waals surface area (Å²) in [5.41, 5.74) is 0.663. The molecule has 11 heteroatoms. The van der Waals surface area contributed by atoms with Crippen LogP contribution in [0.4, 0.5) is 4.79 Å². The lowest BCUT2D eigenvalue weighted by atomic mass is 10.0. The Labute approximate surface area is 198 Å². The van der Waals surface area contributed by atoms with E-state index in [-0.39, 0.29) is 17.0 Å². The fourth-order valence-electron chi connectivity index (χ4n) is 4.01. The van der Waals surface area contributed by atoms with Crippen molar-refractivity contribution in [1.29, 1.82) is 0 Å². The Morgan fingerprint density at radius 1 is 1.09 bits per heavy atom. The maximum absolute atomic E-state index is 12.4. The number of rotatable bonds is 4. The highest BCUT2D eigenvalue weighted by Crippen LogP contribution is 2.32. The Balaban J connectivity index is 1.53. The highest BCUT2D eigenvalue weighted by molar-refractivity contribution is 7.90. The molecule has 0 spiro atoms. The number of likely N-dealkylation sites (tertiary alicyclic amines) is 1. The van der Waals surface area contributed by atoms with Crippen LogP contribution in [0.15, 0.2) is 35.5 Å². The molecule has 2 aromatic heterocycles. The van der Waals surface area contributed by atoms with Crippen LogP contribution in [0.5, 0.6) is 11.6 Å². The molecule has 3 heterocycles. The SMILES string of the molecule is Cc1nc2c(Oc3ccc(S(C)(=O)=O)cc3)ncnc2n1C1CCN(C(=O)OC(C)(C)C)CC1. The van der Waals surface area contributed by atoms with Crippen LogP contribution in [0, 0.1) is 6.92 Å². The summed E-state index contributed by atoms with van der Waals surface area (Å²) in [6.07, 6.45) is 3.79. The fourth-order valence-corrected chi connectivity index (χ4v) is 4.64. The van der Waals surface area contributed by atoms with Crippen LogP contribution in [0.2, 0.25) is 0 Å². The smallest absolute Gasteiger partial charge is 0.410 e. The van der Waals surface area contributed by atoms with Crippen molar-refractivity contribution in [2.45, 2.75) is 57.1 Å². The van der Waals surface area contributed by atoms with E-state index in [0.717, 1.165) is 24.9 Å². The number of hydrogen-bond acceptors (Lipinski definition) is 8. The average Bonchev–Trinajstić information content (AvgIpc) is 3.09. The first-order valence-electron chi connectivity index (χ1n) is 11.1. The van der Waals surface area contributed by atoms with E-state index in [2.05, 4.69) is 19.5 Å². The Kier molecular flexibility index (Phi) is 6.24. The van der Waals surface area contributed by atoms with Gasteiger partial charge in [-0.1, -0.05) is 0 Å². The van der Waals surface area contributed by atoms with E-state index >= 15 is 0 Å². The molecule has 0 radical (unpaired) electrons. The molecule has 0 unspecified atom stereocenters. The Hall–Kier alpha value is -3.21. The van der Waals surface area contributed by atoms with Crippen LogP contribution >= 0.6 is 0 Å². The van der Waals surface area contributed by atoms with Gasteiger partial charge in [0.1, 0.15) is 23.5 Å². The van der Waals surface area contributed by atoms with Crippen molar-refractivity contribution in [3.05, 3.63) is 36.4 Å². The van der Waals surface area contributed by atoms with E-state index in [9.17, 15) is 13.2 Å². The number of aromatic nitrogens is 4. The molecule has 1 aliphatic heterocycles. The summed E-state index contributed by atoms with van der Waals surface area (Å²) in [4.78, 5) is 27.7. The molecule has 0 atom stereocenters. The molecule has 1 amide bonds. The van der Waals surface area contributed by atoms with Gasteiger partial charge in [0.25, 0.3) is 5.88 Å². The van der Waals surface area contributed by atoms with Crippen LogP contribution in [0.3, 0.4) is 0 Å². The highest BCUT2D eigenvalue weighted by atomic mass is 32.2. The molecular weight excluding hydrogens is 458 g/mol. The van der Waals surface area contributed by atoms with E-state index < -0.39 is 15.4 Å². The molecule has 0 N–H and O–H groups in total. The third-order valence-electron chi connectivity index (χ3n) is 5.57. The van der Waals surface area contributed by atoms with Gasteiger partial charge in [-0.05, 0) is 64.8 Å². The fraction of sp³-hybridized carbons (Fsp3) is 0.478. The first kappa shape index (κ1) is 23.9. The molecule has 1 aliphatic rings. The predicted molar refractivity (Wildman–Crippen MR) is 126 cm³/mol. The van der Waals surface area contributed by atoms with Crippen molar-refractivity contribution in [1.82, 2.24) is 24.4 Å². The van der Waals surface area contributed by atoms with Gasteiger partial charge in [-0.15, -0.1) is 0 Å². The van der Waals surface area contributed by atoms with Crippen molar-refractivity contribution >= 4 is 27.1 Å². The molecule has 34 heavy (non-hydrogen) atoms. The van der Waals surface area contributed by atoms with Crippen LogP contribution in [-0.4, -0.2) is 63.9 Å². The van der Waals surface area contributed by atoms with E-state index in [1.54, 1.807) is 17.0 Å². The minimum atomic E-state index is -3.29. The molecule has 10 nitrogen and oxygen atoms in total. The van der Waals surface area contributed by atoms with Gasteiger partial charge < -0.3 is 18.9 Å². The third-order valence-corrected chi connectivity index (χ3v) is 6.70. The average molecular weight is 488 g/mol. The Morgan fingerprint density at radius 3 is 2.32 bits per heavy atom. The molecule has 1 aromatic carbocycles. The maximum Gasteiger partial charge on any atom is 0.410 e. The number of imidazole rings is 1. The first-order valence-corrected chi connectivity index (χ1v) is 13.0. The van der Waals surface area contributed by atoms with Crippen LogP contribution < -0.4 is 4.74 Å². The number of aryl methyl sites for hydroxylation is 1.